The number of nitrogens with zero attached hydrogens (tertiary/aromatic N) is 5. The van der Waals surface area contributed by atoms with Crippen molar-refractivity contribution in [2.45, 2.75) is 18.2 Å². The number of hydrogen-bond donors (Lipinski definition) is 1. The van der Waals surface area contributed by atoms with E-state index in [2.05, 4.69) is 21.4 Å². The molecule has 3 aromatic heterocycles. The molecular formula is C41H30N6O3S. The summed E-state index contributed by atoms with van der Waals surface area (Å²) in [4.78, 5) is 27.4. The van der Waals surface area contributed by atoms with Crippen LogP contribution in [0.1, 0.15) is 23.1 Å². The van der Waals surface area contributed by atoms with Gasteiger partial charge in [-0.05, 0) is 72.3 Å². The molecule has 1 fully saturated rings. The molecule has 0 radical (unpaired) electrons. The van der Waals surface area contributed by atoms with E-state index in [1.165, 1.54) is 10.2 Å². The first kappa shape index (κ1) is 31.8. The molecule has 248 valence electrons. The van der Waals surface area contributed by atoms with Crippen molar-refractivity contribution >= 4 is 55.0 Å². The van der Waals surface area contributed by atoms with Gasteiger partial charge in [0, 0.05) is 40.5 Å². The van der Waals surface area contributed by atoms with Gasteiger partial charge in [-0.2, -0.15) is 5.26 Å². The first-order valence-corrected chi connectivity index (χ1v) is 17.9. The Morgan fingerprint density at radius 3 is 2.25 bits per heavy atom. The van der Waals surface area contributed by atoms with Crippen LogP contribution in [0.3, 0.4) is 0 Å². The Kier molecular flexibility index (Phi) is 7.97. The number of rotatable bonds is 8. The molecule has 0 bridgehead atoms. The van der Waals surface area contributed by atoms with Gasteiger partial charge in [-0.1, -0.05) is 78.4 Å². The summed E-state index contributed by atoms with van der Waals surface area (Å²) >= 11 is 0. The first-order chi connectivity index (χ1) is 24.8. The number of aromatic nitrogens is 3. The van der Waals surface area contributed by atoms with Crippen molar-refractivity contribution < 1.29 is 13.2 Å². The van der Waals surface area contributed by atoms with E-state index >= 15 is 0 Å². The van der Waals surface area contributed by atoms with Crippen molar-refractivity contribution in [2.75, 3.05) is 5.32 Å². The van der Waals surface area contributed by atoms with E-state index in [4.69, 9.17) is 4.99 Å². The van der Waals surface area contributed by atoms with Crippen molar-refractivity contribution in [2.24, 2.45) is 16.8 Å². The molecule has 0 unspecified atom stereocenters. The average Bonchev–Trinajstić information content (AvgIpc) is 3.83. The SMILES string of the molecule is Cc1ccc(S(=O)(=O)n2ccc3c(-c4cc(N=C(c5ccccc5)c5ccccc5)c5cnc(NC(=O)[C@H]6C[C@@H]6C#N)cc5c4)ccnc32)cc1. The van der Waals surface area contributed by atoms with E-state index in [-0.39, 0.29) is 22.6 Å². The maximum atomic E-state index is 13.8. The fourth-order valence-corrected chi connectivity index (χ4v) is 7.60. The third kappa shape index (κ3) is 6.05. The molecule has 10 heteroatoms. The molecule has 4 aromatic carbocycles. The summed E-state index contributed by atoms with van der Waals surface area (Å²) in [5.41, 5.74) is 6.05. The van der Waals surface area contributed by atoms with Crippen LogP contribution in [0.4, 0.5) is 11.5 Å². The number of aliphatic imine (C=N–C) groups is 1. The van der Waals surface area contributed by atoms with Gasteiger partial charge in [-0.25, -0.2) is 27.4 Å². The third-order valence-corrected chi connectivity index (χ3v) is 10.8. The highest BCUT2D eigenvalue weighted by atomic mass is 32.2. The fourth-order valence-electron chi connectivity index (χ4n) is 6.29. The van der Waals surface area contributed by atoms with E-state index in [1.54, 1.807) is 48.8 Å². The number of aryl methyl sites for hydroxylation is 1. The maximum absolute atomic E-state index is 13.8. The zero-order valence-corrected chi connectivity index (χ0v) is 28.2. The van der Waals surface area contributed by atoms with Gasteiger partial charge in [0.1, 0.15) is 5.82 Å². The van der Waals surface area contributed by atoms with Gasteiger partial charge in [0.2, 0.25) is 5.91 Å². The largest absolute Gasteiger partial charge is 0.310 e. The van der Waals surface area contributed by atoms with Crippen molar-refractivity contribution in [3.8, 4) is 17.2 Å². The Balaban J connectivity index is 1.31. The monoisotopic (exact) mass is 686 g/mol. The maximum Gasteiger partial charge on any atom is 0.269 e. The molecule has 1 aliphatic rings. The topological polar surface area (TPSA) is 130 Å². The molecule has 1 amide bonds. The molecule has 2 atom stereocenters. The van der Waals surface area contributed by atoms with Crippen LogP contribution in [0.15, 0.2) is 144 Å². The van der Waals surface area contributed by atoms with Crippen molar-refractivity contribution in [1.29, 1.82) is 5.26 Å². The second-order valence-electron chi connectivity index (χ2n) is 12.6. The molecule has 1 N–H and O–H groups in total. The normalized spacial score (nSPS) is 15.3. The molecule has 0 aliphatic heterocycles. The van der Waals surface area contributed by atoms with Crippen molar-refractivity contribution in [1.82, 2.24) is 13.9 Å². The molecular weight excluding hydrogens is 657 g/mol. The minimum atomic E-state index is -3.92. The predicted molar refractivity (Wildman–Crippen MR) is 198 cm³/mol. The number of nitriles is 1. The number of carbonyl (C=O) groups excluding carboxylic acids is 1. The van der Waals surface area contributed by atoms with Crippen LogP contribution in [0.5, 0.6) is 0 Å². The van der Waals surface area contributed by atoms with E-state index in [0.717, 1.165) is 44.3 Å². The van der Waals surface area contributed by atoms with Crippen LogP contribution < -0.4 is 5.32 Å². The number of fused-ring (bicyclic) bond motifs is 2. The van der Waals surface area contributed by atoms with E-state index in [0.29, 0.717) is 29.0 Å². The lowest BCUT2D eigenvalue weighted by molar-refractivity contribution is -0.117. The van der Waals surface area contributed by atoms with Gasteiger partial charge in [0.05, 0.1) is 34.2 Å². The second-order valence-corrected chi connectivity index (χ2v) is 14.4. The van der Waals surface area contributed by atoms with Gasteiger partial charge in [0.25, 0.3) is 10.0 Å². The minimum Gasteiger partial charge on any atom is -0.310 e. The summed E-state index contributed by atoms with van der Waals surface area (Å²) in [6, 6.07) is 38.1. The Labute approximate surface area is 294 Å². The predicted octanol–water partition coefficient (Wildman–Crippen LogP) is 8.06. The minimum absolute atomic E-state index is 0.170. The number of amides is 1. The average molecular weight is 687 g/mol. The molecule has 1 saturated carbocycles. The number of anilines is 1. The number of nitrogens with one attached hydrogen (secondary N) is 1. The zero-order chi connectivity index (χ0) is 35.1. The molecule has 1 aliphatic carbocycles. The Morgan fingerprint density at radius 2 is 1.59 bits per heavy atom. The first-order valence-electron chi connectivity index (χ1n) is 16.4. The quantitative estimate of drug-likeness (QED) is 0.161. The molecule has 3 heterocycles. The lowest BCUT2D eigenvalue weighted by Crippen LogP contribution is -2.15. The Hall–Kier alpha value is -6.44. The van der Waals surface area contributed by atoms with Gasteiger partial charge >= 0.3 is 0 Å². The molecule has 51 heavy (non-hydrogen) atoms. The summed E-state index contributed by atoms with van der Waals surface area (Å²) in [5, 5.41) is 14.3. The number of pyridine rings is 2. The van der Waals surface area contributed by atoms with E-state index in [9.17, 15) is 18.5 Å². The summed E-state index contributed by atoms with van der Waals surface area (Å²) in [5.74, 6) is -0.484. The van der Waals surface area contributed by atoms with Crippen LogP contribution in [0, 0.1) is 30.1 Å². The van der Waals surface area contributed by atoms with Gasteiger partial charge in [-0.15, -0.1) is 0 Å². The molecule has 0 saturated heterocycles. The highest BCUT2D eigenvalue weighted by molar-refractivity contribution is 7.90. The lowest BCUT2D eigenvalue weighted by atomic mass is 9.98. The molecule has 0 spiro atoms. The van der Waals surface area contributed by atoms with E-state index < -0.39 is 10.0 Å². The fraction of sp³-hybridized carbons (Fsp3) is 0.0976. The van der Waals surface area contributed by atoms with Gasteiger partial charge < -0.3 is 5.32 Å². The van der Waals surface area contributed by atoms with Gasteiger partial charge in [-0.3, -0.25) is 4.79 Å². The summed E-state index contributed by atoms with van der Waals surface area (Å²) in [6.07, 6.45) is 5.37. The van der Waals surface area contributed by atoms with Crippen LogP contribution in [0.2, 0.25) is 0 Å². The smallest absolute Gasteiger partial charge is 0.269 e. The number of carbonyl (C=O) groups is 1. The molecule has 7 aromatic rings. The van der Waals surface area contributed by atoms with Crippen LogP contribution in [-0.4, -0.2) is 34.0 Å². The third-order valence-electron chi connectivity index (χ3n) is 9.13. The van der Waals surface area contributed by atoms with Crippen LogP contribution in [-0.2, 0) is 14.8 Å². The summed E-state index contributed by atoms with van der Waals surface area (Å²) in [6.45, 7) is 1.91. The van der Waals surface area contributed by atoms with Crippen molar-refractivity contribution in [3.63, 3.8) is 0 Å². The highest BCUT2D eigenvalue weighted by Crippen LogP contribution is 2.40. The highest BCUT2D eigenvalue weighted by Gasteiger charge is 2.43. The van der Waals surface area contributed by atoms with Gasteiger partial charge in [0.15, 0.2) is 5.65 Å². The molecule has 9 nitrogen and oxygen atoms in total. The Bertz CT molecular complexity index is 2610. The standard InChI is InChI=1S/C41H30N6O3S/c1-26-12-14-32(15-13-26)51(49,50)47-19-17-34-33(16-18-43-40(34)47)29-20-30-23-38(46-41(48)35-21-31(35)24-42)44-25-36(30)37(22-29)45-39(27-8-4-2-5-9-27)28-10-6-3-7-11-28/h2-20,22-23,25,31,35H,21H2,1H3,(H,44,46,48)/t31-,35+/m1/s1. The zero-order valence-electron chi connectivity index (χ0n) is 27.4. The van der Waals surface area contributed by atoms with E-state index in [1.807, 2.05) is 85.8 Å². The summed E-state index contributed by atoms with van der Waals surface area (Å²) in [7, 11) is -3.92. The van der Waals surface area contributed by atoms with Crippen molar-refractivity contribution in [3.05, 3.63) is 151 Å². The Morgan fingerprint density at radius 1 is 0.882 bits per heavy atom. The van der Waals surface area contributed by atoms with Crippen LogP contribution >= 0.6 is 0 Å². The second kappa shape index (κ2) is 12.8. The number of hydrogen-bond acceptors (Lipinski definition) is 7. The van der Waals surface area contributed by atoms with Crippen LogP contribution in [0.25, 0.3) is 32.9 Å². The summed E-state index contributed by atoms with van der Waals surface area (Å²) < 4.78 is 28.7. The number of benzene rings is 4. The molecule has 8 rings (SSSR count). The lowest BCUT2D eigenvalue weighted by Gasteiger charge is -2.13.